The Labute approximate surface area is 248 Å². The minimum atomic E-state index is -4.03. The lowest BCUT2D eigenvalue weighted by atomic mass is 9.94. The number of fused-ring (bicyclic) bond motifs is 1. The number of aliphatic hydroxyl groups is 1. The third-order valence-electron chi connectivity index (χ3n) is 7.43. The smallest absolute Gasteiger partial charge is 0.410 e. The largest absolute Gasteiger partial charge is 0.444 e. The molecule has 2 aromatic carbocycles. The molecule has 5 rings (SSSR count). The van der Waals surface area contributed by atoms with Crippen LogP contribution in [0.3, 0.4) is 0 Å². The molecular formula is C30H34F2N4O6S. The van der Waals surface area contributed by atoms with Gasteiger partial charge in [0, 0.05) is 29.6 Å². The van der Waals surface area contributed by atoms with Crippen molar-refractivity contribution in [1.29, 1.82) is 0 Å². The van der Waals surface area contributed by atoms with Crippen molar-refractivity contribution in [2.24, 2.45) is 0 Å². The summed E-state index contributed by atoms with van der Waals surface area (Å²) in [4.78, 5) is 30.7. The molecule has 2 fully saturated rings. The number of carbonyl (C=O) groups excluding carboxylic acids is 2. The van der Waals surface area contributed by atoms with Crippen molar-refractivity contribution >= 4 is 32.9 Å². The highest BCUT2D eigenvalue weighted by Gasteiger charge is 2.45. The Balaban J connectivity index is 1.30. The van der Waals surface area contributed by atoms with E-state index in [1.807, 2.05) is 6.92 Å². The van der Waals surface area contributed by atoms with Crippen LogP contribution in [0.1, 0.15) is 43.1 Å². The Morgan fingerprint density at radius 2 is 1.88 bits per heavy atom. The van der Waals surface area contributed by atoms with E-state index in [-0.39, 0.29) is 60.9 Å². The van der Waals surface area contributed by atoms with Crippen molar-refractivity contribution in [3.8, 4) is 11.3 Å². The van der Waals surface area contributed by atoms with Gasteiger partial charge in [-0.25, -0.2) is 27.0 Å². The van der Waals surface area contributed by atoms with E-state index in [4.69, 9.17) is 4.74 Å². The third-order valence-corrected chi connectivity index (χ3v) is 9.29. The Bertz CT molecular complexity index is 1700. The molecule has 0 spiro atoms. The van der Waals surface area contributed by atoms with Gasteiger partial charge in [0.05, 0.1) is 35.7 Å². The quantitative estimate of drug-likeness (QED) is 0.431. The molecule has 230 valence electrons. The van der Waals surface area contributed by atoms with Gasteiger partial charge in [-0.15, -0.1) is 0 Å². The summed E-state index contributed by atoms with van der Waals surface area (Å²) >= 11 is 0. The Morgan fingerprint density at radius 1 is 1.16 bits per heavy atom. The van der Waals surface area contributed by atoms with Crippen LogP contribution in [0.4, 0.5) is 13.6 Å². The number of nitrogens with zero attached hydrogens (tertiary/aromatic N) is 3. The molecule has 13 heteroatoms. The van der Waals surface area contributed by atoms with E-state index >= 15 is 4.39 Å². The summed E-state index contributed by atoms with van der Waals surface area (Å²) in [5.74, 6) is -1.26. The maximum atomic E-state index is 15.3. The van der Waals surface area contributed by atoms with Gasteiger partial charge in [-0.3, -0.25) is 4.79 Å². The van der Waals surface area contributed by atoms with Crippen LogP contribution >= 0.6 is 0 Å². The monoisotopic (exact) mass is 616 g/mol. The molecule has 2 saturated heterocycles. The molecule has 2 aliphatic heterocycles. The average Bonchev–Trinajstić information content (AvgIpc) is 3.35. The highest BCUT2D eigenvalue weighted by molar-refractivity contribution is 7.89. The minimum Gasteiger partial charge on any atom is -0.444 e. The van der Waals surface area contributed by atoms with Gasteiger partial charge in [-0.05, 0) is 76.1 Å². The summed E-state index contributed by atoms with van der Waals surface area (Å²) in [6.45, 7) is 6.80. The number of aryl methyl sites for hydroxylation is 1. The normalized spacial score (nSPS) is 18.9. The summed E-state index contributed by atoms with van der Waals surface area (Å²) in [7, 11) is -4.03. The lowest BCUT2D eigenvalue weighted by molar-refractivity contribution is -0.0948. The van der Waals surface area contributed by atoms with Crippen LogP contribution < -0.4 is 5.32 Å². The Kier molecular flexibility index (Phi) is 7.95. The molecule has 1 atom stereocenters. The van der Waals surface area contributed by atoms with Crippen molar-refractivity contribution in [1.82, 2.24) is 19.5 Å². The number of nitrogens with one attached hydrogen (secondary N) is 1. The number of ether oxygens (including phenoxy) is 1. The number of carbonyl (C=O) groups is 2. The number of benzene rings is 2. The predicted octanol–water partition coefficient (Wildman–Crippen LogP) is 3.79. The first-order chi connectivity index (χ1) is 20.0. The second-order valence-corrected chi connectivity index (χ2v) is 14.1. The molecular weight excluding hydrogens is 582 g/mol. The van der Waals surface area contributed by atoms with Gasteiger partial charge in [0.1, 0.15) is 23.2 Å². The van der Waals surface area contributed by atoms with Crippen molar-refractivity contribution in [3.05, 3.63) is 59.4 Å². The summed E-state index contributed by atoms with van der Waals surface area (Å²) < 4.78 is 60.8. The molecule has 0 saturated carbocycles. The topological polar surface area (TPSA) is 129 Å². The third kappa shape index (κ3) is 6.48. The fraction of sp³-hybridized carbons (Fsp3) is 0.433. The van der Waals surface area contributed by atoms with E-state index in [2.05, 4.69) is 10.3 Å². The lowest BCUT2D eigenvalue weighted by Crippen LogP contribution is -2.68. The predicted molar refractivity (Wildman–Crippen MR) is 155 cm³/mol. The van der Waals surface area contributed by atoms with Gasteiger partial charge in [0.25, 0.3) is 5.91 Å². The number of amides is 2. The van der Waals surface area contributed by atoms with Gasteiger partial charge in [0.2, 0.25) is 10.0 Å². The number of hydrogen-bond acceptors (Lipinski definition) is 7. The Hall–Kier alpha value is -3.68. The van der Waals surface area contributed by atoms with Crippen LogP contribution in [0.5, 0.6) is 0 Å². The second kappa shape index (κ2) is 11.1. The maximum absolute atomic E-state index is 15.3. The molecule has 3 heterocycles. The van der Waals surface area contributed by atoms with E-state index in [0.29, 0.717) is 5.52 Å². The average molecular weight is 617 g/mol. The van der Waals surface area contributed by atoms with Crippen LogP contribution in [0, 0.1) is 12.7 Å². The number of aromatic nitrogens is 1. The number of pyridine rings is 1. The van der Waals surface area contributed by atoms with Gasteiger partial charge in [-0.1, -0.05) is 6.07 Å². The molecule has 0 bridgehead atoms. The number of β-amino-alcohol motifs (C(OH)–C–C–N with tert-alkyl or cyclic N) is 1. The molecule has 0 radical (unpaired) electrons. The summed E-state index contributed by atoms with van der Waals surface area (Å²) in [5.41, 5.74) is -0.173. The van der Waals surface area contributed by atoms with Crippen molar-refractivity contribution in [2.75, 3.05) is 32.7 Å². The molecule has 2 aliphatic rings. The summed E-state index contributed by atoms with van der Waals surface area (Å²) in [5, 5.41) is 14.1. The number of halogens is 2. The first kappa shape index (κ1) is 30.8. The highest BCUT2D eigenvalue weighted by Crippen LogP contribution is 2.30. The molecule has 10 nitrogen and oxygen atoms in total. The standard InChI is InChI=1S/C30H34F2N4O6S/c1-18-11-25(23-8-6-21(13-24(23)32)43(40,41)36-10-9-20(31)14-36)34-26-12-19(5-7-22(18)26)27(37)33-15-30(39)16-35(17-30)28(38)42-29(2,3)4/h5-8,11-13,20,39H,9-10,14-17H2,1-4H3,(H,33,37)/t20-/m0/s1. The summed E-state index contributed by atoms with van der Waals surface area (Å²) in [6.07, 6.45) is -1.68. The van der Waals surface area contributed by atoms with Crippen LogP contribution in [0.25, 0.3) is 22.2 Å². The molecule has 0 unspecified atom stereocenters. The molecule has 43 heavy (non-hydrogen) atoms. The van der Waals surface area contributed by atoms with Gasteiger partial charge >= 0.3 is 6.09 Å². The van der Waals surface area contributed by atoms with Gasteiger partial charge in [-0.2, -0.15) is 4.31 Å². The lowest BCUT2D eigenvalue weighted by Gasteiger charge is -2.46. The zero-order chi connectivity index (χ0) is 31.3. The minimum absolute atomic E-state index is 0.0179. The van der Waals surface area contributed by atoms with Crippen molar-refractivity contribution < 1.29 is 36.6 Å². The fourth-order valence-electron chi connectivity index (χ4n) is 5.18. The Morgan fingerprint density at radius 3 is 2.51 bits per heavy atom. The second-order valence-electron chi connectivity index (χ2n) is 12.2. The number of sulfonamides is 1. The van der Waals surface area contributed by atoms with E-state index in [1.54, 1.807) is 45.0 Å². The van der Waals surface area contributed by atoms with E-state index < -0.39 is 45.2 Å². The zero-order valence-corrected chi connectivity index (χ0v) is 25.2. The molecule has 2 amide bonds. The summed E-state index contributed by atoms with van der Waals surface area (Å²) in [6, 6.07) is 10.1. The number of likely N-dealkylation sites (tertiary alicyclic amines) is 1. The number of rotatable bonds is 6. The van der Waals surface area contributed by atoms with Gasteiger partial charge in [0.15, 0.2) is 0 Å². The van der Waals surface area contributed by atoms with Crippen LogP contribution in [0.2, 0.25) is 0 Å². The van der Waals surface area contributed by atoms with Gasteiger partial charge < -0.3 is 20.1 Å². The number of hydrogen-bond donors (Lipinski definition) is 2. The first-order valence-corrected chi connectivity index (χ1v) is 15.3. The fourth-order valence-corrected chi connectivity index (χ4v) is 6.67. The van der Waals surface area contributed by atoms with Crippen molar-refractivity contribution in [2.45, 2.75) is 56.4 Å². The number of alkyl halides is 1. The zero-order valence-electron chi connectivity index (χ0n) is 24.4. The first-order valence-electron chi connectivity index (χ1n) is 13.9. The van der Waals surface area contributed by atoms with Crippen LogP contribution in [-0.2, 0) is 14.8 Å². The molecule has 3 aromatic rings. The highest BCUT2D eigenvalue weighted by atomic mass is 32.2. The molecule has 2 N–H and O–H groups in total. The van der Waals surface area contributed by atoms with E-state index in [0.717, 1.165) is 21.3 Å². The van der Waals surface area contributed by atoms with E-state index in [9.17, 15) is 27.5 Å². The molecule has 1 aromatic heterocycles. The van der Waals surface area contributed by atoms with Crippen LogP contribution in [-0.4, -0.2) is 89.8 Å². The maximum Gasteiger partial charge on any atom is 0.410 e. The van der Waals surface area contributed by atoms with Crippen LogP contribution in [0.15, 0.2) is 47.4 Å². The molecule has 0 aliphatic carbocycles. The SMILES string of the molecule is Cc1cc(-c2ccc(S(=O)(=O)N3CC[C@H](F)C3)cc2F)nc2cc(C(=O)NCC3(O)CN(C(=O)OC(C)(C)C)C3)ccc12. The van der Waals surface area contributed by atoms with E-state index in [1.165, 1.54) is 17.0 Å². The van der Waals surface area contributed by atoms with Crippen molar-refractivity contribution in [3.63, 3.8) is 0 Å².